The zero-order valence-electron chi connectivity index (χ0n) is 18.4. The van der Waals surface area contributed by atoms with Crippen LogP contribution < -0.4 is 11.2 Å². The van der Waals surface area contributed by atoms with Crippen molar-refractivity contribution >= 4 is 29.2 Å². The van der Waals surface area contributed by atoms with Gasteiger partial charge in [0.25, 0.3) is 5.91 Å². The Morgan fingerprint density at radius 1 is 1.18 bits per heavy atom. The maximum Gasteiger partial charge on any atom is 0.293 e. The number of nitrogens with two attached hydrogens (primary N) is 1. The molecule has 0 unspecified atom stereocenters. The van der Waals surface area contributed by atoms with E-state index in [4.69, 9.17) is 10.4 Å². The highest BCUT2D eigenvalue weighted by Gasteiger charge is 2.24. The third-order valence-electron chi connectivity index (χ3n) is 5.55. The van der Waals surface area contributed by atoms with Crippen molar-refractivity contribution in [2.75, 3.05) is 5.73 Å². The molecule has 10 nitrogen and oxygen atoms in total. The Labute approximate surface area is 199 Å². The van der Waals surface area contributed by atoms with Crippen LogP contribution in [-0.4, -0.2) is 36.9 Å². The van der Waals surface area contributed by atoms with Gasteiger partial charge in [0.15, 0.2) is 5.69 Å². The Bertz CT molecular complexity index is 1360. The van der Waals surface area contributed by atoms with Crippen LogP contribution in [0.15, 0.2) is 63.2 Å². The van der Waals surface area contributed by atoms with Gasteiger partial charge in [0.1, 0.15) is 0 Å². The number of benzene rings is 2. The second-order valence-electron chi connectivity index (χ2n) is 7.88. The molecule has 1 aliphatic rings. The summed E-state index contributed by atoms with van der Waals surface area (Å²) in [6.45, 7) is 2.03. The lowest BCUT2D eigenvalue weighted by Crippen LogP contribution is -2.23. The molecule has 3 N–H and O–H groups in total. The monoisotopic (exact) mass is 474 g/mol. The van der Waals surface area contributed by atoms with Gasteiger partial charge in [-0.2, -0.15) is 9.78 Å². The van der Waals surface area contributed by atoms with E-state index in [1.54, 1.807) is 0 Å². The summed E-state index contributed by atoms with van der Waals surface area (Å²) >= 11 is 1.54. The van der Waals surface area contributed by atoms with Gasteiger partial charge < -0.3 is 5.73 Å². The van der Waals surface area contributed by atoms with Crippen molar-refractivity contribution in [2.24, 2.45) is 5.10 Å². The third-order valence-corrected chi connectivity index (χ3v) is 6.57. The molecular formula is C23H22N8O2S. The zero-order chi connectivity index (χ0) is 23.5. The van der Waals surface area contributed by atoms with E-state index in [0.717, 1.165) is 35.4 Å². The van der Waals surface area contributed by atoms with E-state index in [2.05, 4.69) is 37.2 Å². The molecule has 0 radical (unpaired) electrons. The number of fused-ring (bicyclic) bond motifs is 1. The second-order valence-corrected chi connectivity index (χ2v) is 8.93. The average Bonchev–Trinajstić information content (AvgIpc) is 3.47. The molecule has 2 aromatic carbocycles. The zero-order valence-corrected chi connectivity index (χ0v) is 19.2. The summed E-state index contributed by atoms with van der Waals surface area (Å²) in [6.07, 6.45) is 2.78. The molecule has 0 saturated heterocycles. The van der Waals surface area contributed by atoms with Crippen LogP contribution in [0.5, 0.6) is 0 Å². The first-order valence-electron chi connectivity index (χ1n) is 10.8. The molecule has 1 amide bonds. The first kappa shape index (κ1) is 21.8. The van der Waals surface area contributed by atoms with E-state index >= 15 is 0 Å². The van der Waals surface area contributed by atoms with Gasteiger partial charge in [-0.25, -0.2) is 10.1 Å². The van der Waals surface area contributed by atoms with Crippen molar-refractivity contribution in [1.82, 2.24) is 30.7 Å². The van der Waals surface area contributed by atoms with Crippen molar-refractivity contribution in [2.45, 2.75) is 36.8 Å². The maximum atomic E-state index is 13.1. The summed E-state index contributed by atoms with van der Waals surface area (Å²) in [7, 11) is 0. The quantitative estimate of drug-likeness (QED) is 0.321. The van der Waals surface area contributed by atoms with Crippen LogP contribution in [-0.2, 0) is 12.2 Å². The van der Waals surface area contributed by atoms with Gasteiger partial charge in [0.2, 0.25) is 11.6 Å². The van der Waals surface area contributed by atoms with E-state index in [-0.39, 0.29) is 17.3 Å². The number of anilines is 1. The summed E-state index contributed by atoms with van der Waals surface area (Å²) < 4.78 is 6.10. The molecule has 34 heavy (non-hydrogen) atoms. The molecule has 0 bridgehead atoms. The Kier molecular flexibility index (Phi) is 6.09. The van der Waals surface area contributed by atoms with E-state index in [1.165, 1.54) is 27.6 Å². The highest BCUT2D eigenvalue weighted by molar-refractivity contribution is 7.98. The minimum Gasteiger partial charge on any atom is -0.378 e. The van der Waals surface area contributed by atoms with Gasteiger partial charge in [-0.3, -0.25) is 4.79 Å². The number of nitrogens with one attached hydrogen (secondary N) is 1. The fraction of sp³-hybridized carbons (Fsp3) is 0.217. The van der Waals surface area contributed by atoms with Crippen LogP contribution >= 0.6 is 11.8 Å². The van der Waals surface area contributed by atoms with Crippen LogP contribution in [0.25, 0.3) is 5.82 Å². The lowest BCUT2D eigenvalue weighted by molar-refractivity contribution is 0.0949. The fourth-order valence-electron chi connectivity index (χ4n) is 3.79. The molecule has 5 rings (SSSR count). The third kappa shape index (κ3) is 4.42. The summed E-state index contributed by atoms with van der Waals surface area (Å²) in [5, 5.41) is 20.0. The molecule has 11 heteroatoms. The number of rotatable bonds is 6. The Morgan fingerprint density at radius 3 is 2.79 bits per heavy atom. The van der Waals surface area contributed by atoms with Gasteiger partial charge >= 0.3 is 0 Å². The van der Waals surface area contributed by atoms with Crippen molar-refractivity contribution in [3.8, 4) is 5.82 Å². The Hall–Kier alpha value is -3.99. The number of hydrogen-bond donors (Lipinski definition) is 2. The standard InChI is InChI=1S/C23H22N8O2S/c1-14-9-11-16(12-10-14)34-13-19-20(26-30-31(19)22-21(24)28-33-29-22)23(32)27-25-18-8-4-6-15-5-2-3-7-17(15)18/h2-3,5,7,9-12H,4,6,8,13H2,1H3,(H2,24,28)(H,27,32)/b25-18-. The number of amides is 1. The second kappa shape index (κ2) is 9.48. The molecule has 4 aromatic rings. The van der Waals surface area contributed by atoms with E-state index in [9.17, 15) is 4.79 Å². The number of hydrazone groups is 1. The number of carbonyl (C=O) groups excluding carboxylic acids is 1. The lowest BCUT2D eigenvalue weighted by atomic mass is 9.90. The predicted octanol–water partition coefficient (Wildman–Crippen LogP) is 3.30. The van der Waals surface area contributed by atoms with Crippen LogP contribution in [0, 0.1) is 6.92 Å². The van der Waals surface area contributed by atoms with E-state index < -0.39 is 5.91 Å². The molecule has 172 valence electrons. The fourth-order valence-corrected chi connectivity index (χ4v) is 4.68. The largest absolute Gasteiger partial charge is 0.378 e. The number of nitrogen functional groups attached to an aromatic ring is 1. The molecule has 0 aliphatic heterocycles. The number of nitrogens with zero attached hydrogens (tertiary/aromatic N) is 6. The minimum atomic E-state index is -0.462. The molecule has 0 spiro atoms. The number of hydrogen-bond acceptors (Lipinski definition) is 9. The Balaban J connectivity index is 1.42. The molecular weight excluding hydrogens is 452 g/mol. The van der Waals surface area contributed by atoms with Gasteiger partial charge in [-0.15, -0.1) is 16.9 Å². The topological polar surface area (TPSA) is 137 Å². The number of carbonyl (C=O) groups is 1. The molecule has 0 atom stereocenters. The molecule has 0 saturated carbocycles. The van der Waals surface area contributed by atoms with Crippen LogP contribution in [0.4, 0.5) is 5.82 Å². The highest BCUT2D eigenvalue weighted by atomic mass is 32.2. The normalized spacial score (nSPS) is 14.2. The number of aryl methyl sites for hydroxylation is 2. The molecule has 2 aromatic heterocycles. The SMILES string of the molecule is Cc1ccc(SCc2c(C(=O)N/N=C3/CCCc4ccccc43)nnn2-c2nonc2N)cc1. The van der Waals surface area contributed by atoms with Crippen LogP contribution in [0.1, 0.15) is 45.7 Å². The van der Waals surface area contributed by atoms with Crippen molar-refractivity contribution < 1.29 is 9.42 Å². The van der Waals surface area contributed by atoms with Gasteiger partial charge in [-0.1, -0.05) is 47.2 Å². The Morgan fingerprint density at radius 2 is 2.00 bits per heavy atom. The van der Waals surface area contributed by atoms with Crippen LogP contribution in [0.2, 0.25) is 0 Å². The van der Waals surface area contributed by atoms with E-state index in [0.29, 0.717) is 11.4 Å². The first-order chi connectivity index (χ1) is 16.6. The number of aromatic nitrogens is 5. The molecule has 0 fully saturated rings. The van der Waals surface area contributed by atoms with Gasteiger partial charge in [0.05, 0.1) is 11.4 Å². The summed E-state index contributed by atoms with van der Waals surface area (Å²) in [6, 6.07) is 16.2. The minimum absolute atomic E-state index is 0.0532. The summed E-state index contributed by atoms with van der Waals surface area (Å²) in [5.41, 5.74) is 13.5. The molecule has 2 heterocycles. The van der Waals surface area contributed by atoms with Crippen LogP contribution in [0.3, 0.4) is 0 Å². The smallest absolute Gasteiger partial charge is 0.293 e. The number of thioether (sulfide) groups is 1. The van der Waals surface area contributed by atoms with Crippen molar-refractivity contribution in [3.05, 3.63) is 76.6 Å². The average molecular weight is 475 g/mol. The van der Waals surface area contributed by atoms with Crippen molar-refractivity contribution in [1.29, 1.82) is 0 Å². The maximum absolute atomic E-state index is 13.1. The van der Waals surface area contributed by atoms with E-state index in [1.807, 2.05) is 49.4 Å². The predicted molar refractivity (Wildman–Crippen MR) is 128 cm³/mol. The van der Waals surface area contributed by atoms with Crippen molar-refractivity contribution in [3.63, 3.8) is 0 Å². The summed E-state index contributed by atoms with van der Waals surface area (Å²) in [4.78, 5) is 14.1. The first-order valence-corrected chi connectivity index (χ1v) is 11.8. The lowest BCUT2D eigenvalue weighted by Gasteiger charge is -2.17. The molecule has 1 aliphatic carbocycles. The van der Waals surface area contributed by atoms with Gasteiger partial charge in [0, 0.05) is 16.2 Å². The van der Waals surface area contributed by atoms with Gasteiger partial charge in [-0.05, 0) is 54.2 Å². The summed E-state index contributed by atoms with van der Waals surface area (Å²) in [5.74, 6) is 0.164. The highest BCUT2D eigenvalue weighted by Crippen LogP contribution is 2.26.